The number of allylic oxidation sites excluding steroid dienone is 3. The van der Waals surface area contributed by atoms with E-state index in [1.165, 1.54) is 6.20 Å². The van der Waals surface area contributed by atoms with Gasteiger partial charge in [0.15, 0.2) is 0 Å². The molecule has 1 atom stereocenters. The molecule has 2 heterocycles. The van der Waals surface area contributed by atoms with Gasteiger partial charge in [0.05, 0.1) is 17.8 Å². The van der Waals surface area contributed by atoms with Crippen LogP contribution in [0, 0.1) is 11.3 Å². The van der Waals surface area contributed by atoms with Crippen molar-refractivity contribution in [3.63, 3.8) is 0 Å². The molecular weight excluding hydrogens is 352 g/mol. The van der Waals surface area contributed by atoms with Crippen molar-refractivity contribution in [3.8, 4) is 16.8 Å². The summed E-state index contributed by atoms with van der Waals surface area (Å²) in [6.07, 6.45) is 8.23. The number of aliphatic hydroxyl groups is 1. The molecule has 134 valence electrons. The summed E-state index contributed by atoms with van der Waals surface area (Å²) in [5.74, 6) is -1.04. The van der Waals surface area contributed by atoms with E-state index in [4.69, 9.17) is 5.11 Å². The van der Waals surface area contributed by atoms with Crippen molar-refractivity contribution in [2.24, 2.45) is 0 Å². The predicted molar refractivity (Wildman–Crippen MR) is 98.4 cm³/mol. The summed E-state index contributed by atoms with van der Waals surface area (Å²) >= 11 is 1.01. The van der Waals surface area contributed by atoms with Crippen LogP contribution in [-0.4, -0.2) is 32.4 Å². The number of nitrogens with one attached hydrogen (secondary N) is 1. The minimum atomic E-state index is -1.04. The number of rotatable bonds is 7. The normalized spacial score (nSPS) is 12.8. The van der Waals surface area contributed by atoms with Gasteiger partial charge >= 0.3 is 5.97 Å². The second-order valence-corrected chi connectivity index (χ2v) is 6.37. The number of carboxylic acids is 1. The lowest BCUT2D eigenvalue weighted by Gasteiger charge is -2.09. The summed E-state index contributed by atoms with van der Waals surface area (Å²) in [7, 11) is 0. The molecule has 7 nitrogen and oxygen atoms in total. The van der Waals surface area contributed by atoms with Crippen molar-refractivity contribution in [1.82, 2.24) is 15.3 Å². The van der Waals surface area contributed by atoms with E-state index in [0.717, 1.165) is 22.6 Å². The highest BCUT2D eigenvalue weighted by atomic mass is 32.1. The third-order valence-electron chi connectivity index (χ3n) is 3.36. The Morgan fingerprint density at radius 3 is 2.81 bits per heavy atom. The first-order valence-corrected chi connectivity index (χ1v) is 8.62. The van der Waals surface area contributed by atoms with Gasteiger partial charge in [-0.05, 0) is 38.0 Å². The van der Waals surface area contributed by atoms with Crippen molar-refractivity contribution in [2.75, 3.05) is 0 Å². The van der Waals surface area contributed by atoms with Crippen LogP contribution >= 0.6 is 11.3 Å². The van der Waals surface area contributed by atoms with Gasteiger partial charge in [-0.15, -0.1) is 11.3 Å². The van der Waals surface area contributed by atoms with Crippen LogP contribution in [-0.2, 0) is 6.42 Å². The Balaban J connectivity index is 2.18. The van der Waals surface area contributed by atoms with Crippen molar-refractivity contribution >= 4 is 17.3 Å². The molecule has 0 aromatic carbocycles. The highest BCUT2D eigenvalue weighted by Crippen LogP contribution is 2.25. The zero-order valence-electron chi connectivity index (χ0n) is 14.3. The molecule has 0 bridgehead atoms. The zero-order chi connectivity index (χ0) is 19.1. The van der Waals surface area contributed by atoms with Crippen LogP contribution in [0.25, 0.3) is 10.7 Å². The predicted octanol–water partition coefficient (Wildman–Crippen LogP) is 2.71. The summed E-state index contributed by atoms with van der Waals surface area (Å²) in [5.41, 5.74) is 2.44. The number of aromatic carboxylic acids is 1. The third kappa shape index (κ3) is 4.99. The summed E-state index contributed by atoms with van der Waals surface area (Å²) in [5, 5.41) is 31.0. The molecule has 0 saturated heterocycles. The second-order valence-electron chi connectivity index (χ2n) is 5.34. The molecular formula is C18H18N4O3S. The van der Waals surface area contributed by atoms with Crippen LogP contribution in [0.2, 0.25) is 0 Å². The molecule has 2 rings (SSSR count). The van der Waals surface area contributed by atoms with E-state index < -0.39 is 12.2 Å². The van der Waals surface area contributed by atoms with Gasteiger partial charge in [-0.2, -0.15) is 5.26 Å². The minimum Gasteiger partial charge on any atom is -0.477 e. The zero-order valence-corrected chi connectivity index (χ0v) is 15.1. The molecule has 26 heavy (non-hydrogen) atoms. The first kappa shape index (κ1) is 19.3. The molecule has 0 radical (unpaired) electrons. The maximum atomic E-state index is 11.0. The Labute approximate surface area is 155 Å². The van der Waals surface area contributed by atoms with Crippen LogP contribution in [0.5, 0.6) is 0 Å². The van der Waals surface area contributed by atoms with Gasteiger partial charge in [-0.25, -0.2) is 9.78 Å². The largest absolute Gasteiger partial charge is 0.477 e. The first-order valence-electron chi connectivity index (χ1n) is 7.80. The monoisotopic (exact) mass is 370 g/mol. The van der Waals surface area contributed by atoms with Crippen LogP contribution in [0.15, 0.2) is 42.4 Å². The maximum absolute atomic E-state index is 11.0. The van der Waals surface area contributed by atoms with Crippen LogP contribution < -0.4 is 5.32 Å². The number of carbonyl (C=O) groups is 1. The van der Waals surface area contributed by atoms with E-state index in [-0.39, 0.29) is 4.88 Å². The van der Waals surface area contributed by atoms with Gasteiger partial charge in [-0.1, -0.05) is 12.2 Å². The SMILES string of the molecule is C/C=C(\C=C/Cc1cnc(-c2ncc(C(=O)O)s2)cc1C#N)NC(C)O. The lowest BCUT2D eigenvalue weighted by atomic mass is 10.1. The Hall–Kier alpha value is -3.02. The fraction of sp³-hybridized carbons (Fsp3) is 0.222. The Kier molecular flexibility index (Phi) is 6.60. The van der Waals surface area contributed by atoms with E-state index in [2.05, 4.69) is 21.4 Å². The molecule has 0 amide bonds. The summed E-state index contributed by atoms with van der Waals surface area (Å²) in [4.78, 5) is 19.4. The molecule has 2 aromatic heterocycles. The molecule has 8 heteroatoms. The molecule has 3 N–H and O–H groups in total. The highest BCUT2D eigenvalue weighted by molar-refractivity contribution is 7.16. The van der Waals surface area contributed by atoms with E-state index in [9.17, 15) is 15.2 Å². The van der Waals surface area contributed by atoms with Crippen LogP contribution in [0.1, 0.15) is 34.6 Å². The highest BCUT2D eigenvalue weighted by Gasteiger charge is 2.13. The average molecular weight is 370 g/mol. The van der Waals surface area contributed by atoms with E-state index >= 15 is 0 Å². The first-order chi connectivity index (χ1) is 12.4. The molecule has 0 aliphatic carbocycles. The standard InChI is InChI=1S/C18H18N4O3S/c1-3-14(22-11(2)23)6-4-5-12-9-20-15(7-13(12)8-19)17-21-10-16(26-17)18(24)25/h3-4,6-7,9-11,22-23H,5H2,1-2H3,(H,24,25)/b6-4-,14-3+. The number of nitrogens with zero attached hydrogens (tertiary/aromatic N) is 3. The fourth-order valence-corrected chi connectivity index (χ4v) is 2.86. The smallest absolute Gasteiger partial charge is 0.347 e. The van der Waals surface area contributed by atoms with Gasteiger partial charge < -0.3 is 15.5 Å². The quantitative estimate of drug-likeness (QED) is 0.506. The fourth-order valence-electron chi connectivity index (χ4n) is 2.14. The Morgan fingerprint density at radius 2 is 2.23 bits per heavy atom. The van der Waals surface area contributed by atoms with Crippen LogP contribution in [0.4, 0.5) is 0 Å². The molecule has 0 fully saturated rings. The molecule has 0 saturated carbocycles. The van der Waals surface area contributed by atoms with Gasteiger partial charge in [0.25, 0.3) is 0 Å². The van der Waals surface area contributed by atoms with Gasteiger partial charge in [0.2, 0.25) is 0 Å². The summed E-state index contributed by atoms with van der Waals surface area (Å²) in [6.45, 7) is 3.48. The number of aromatic nitrogens is 2. The van der Waals surface area contributed by atoms with E-state index in [0.29, 0.717) is 22.7 Å². The van der Waals surface area contributed by atoms with Crippen molar-refractivity contribution in [3.05, 3.63) is 58.4 Å². The number of carboxylic acid groups (broad SMARTS) is 1. The molecule has 0 spiro atoms. The number of hydrogen-bond acceptors (Lipinski definition) is 7. The van der Waals surface area contributed by atoms with Crippen molar-refractivity contribution < 1.29 is 15.0 Å². The number of aliphatic hydroxyl groups excluding tert-OH is 1. The number of hydrogen-bond donors (Lipinski definition) is 3. The van der Waals surface area contributed by atoms with E-state index in [1.54, 1.807) is 19.2 Å². The molecule has 1 unspecified atom stereocenters. The van der Waals surface area contributed by atoms with Crippen LogP contribution in [0.3, 0.4) is 0 Å². The van der Waals surface area contributed by atoms with Crippen molar-refractivity contribution in [2.45, 2.75) is 26.5 Å². The van der Waals surface area contributed by atoms with E-state index in [1.807, 2.05) is 25.2 Å². The molecule has 0 aliphatic heterocycles. The third-order valence-corrected chi connectivity index (χ3v) is 4.37. The Morgan fingerprint density at radius 1 is 1.46 bits per heavy atom. The number of pyridine rings is 1. The minimum absolute atomic E-state index is 0.122. The second kappa shape index (κ2) is 8.89. The lowest BCUT2D eigenvalue weighted by molar-refractivity contribution is 0.0702. The number of nitriles is 1. The lowest BCUT2D eigenvalue weighted by Crippen LogP contribution is -2.23. The van der Waals surface area contributed by atoms with Gasteiger partial charge in [0.1, 0.15) is 21.8 Å². The summed E-state index contributed by atoms with van der Waals surface area (Å²) in [6, 6.07) is 3.75. The van der Waals surface area contributed by atoms with Gasteiger partial charge in [0, 0.05) is 11.9 Å². The Bertz CT molecular complexity index is 894. The molecule has 2 aromatic rings. The topological polar surface area (TPSA) is 119 Å². The summed E-state index contributed by atoms with van der Waals surface area (Å²) < 4.78 is 0. The maximum Gasteiger partial charge on any atom is 0.347 e. The molecule has 0 aliphatic rings. The van der Waals surface area contributed by atoms with Crippen molar-refractivity contribution in [1.29, 1.82) is 5.26 Å². The average Bonchev–Trinajstić information content (AvgIpc) is 3.11. The number of thiazole rings is 1. The van der Waals surface area contributed by atoms with Gasteiger partial charge in [-0.3, -0.25) is 4.98 Å².